The van der Waals surface area contributed by atoms with E-state index in [0.717, 1.165) is 16.7 Å². The molecule has 2 aromatic carbocycles. The fourth-order valence-electron chi connectivity index (χ4n) is 2.53. The van der Waals surface area contributed by atoms with Crippen molar-refractivity contribution < 1.29 is 9.21 Å². The molecule has 1 heterocycles. The Hall–Kier alpha value is -2.11. The van der Waals surface area contributed by atoms with Gasteiger partial charge in [-0.3, -0.25) is 4.79 Å². The summed E-state index contributed by atoms with van der Waals surface area (Å²) in [5, 5.41) is 8.80. The van der Waals surface area contributed by atoms with E-state index in [2.05, 4.69) is 16.3 Å². The molecule has 0 saturated heterocycles. The van der Waals surface area contributed by atoms with Crippen LogP contribution in [0.1, 0.15) is 28.4 Å². The number of rotatable bonds is 5. The highest BCUT2D eigenvalue weighted by molar-refractivity contribution is 8.00. The highest BCUT2D eigenvalue weighted by Crippen LogP contribution is 2.28. The number of hydrogen-bond acceptors (Lipinski definition) is 5. The van der Waals surface area contributed by atoms with Gasteiger partial charge in [0.1, 0.15) is 0 Å². The first-order valence-electron chi connectivity index (χ1n) is 7.81. The van der Waals surface area contributed by atoms with E-state index < -0.39 is 0 Å². The third-order valence-corrected chi connectivity index (χ3v) is 4.84. The van der Waals surface area contributed by atoms with Crippen molar-refractivity contribution in [3.8, 4) is 11.5 Å². The molecule has 6 heteroatoms. The van der Waals surface area contributed by atoms with Crippen LogP contribution in [0.15, 0.2) is 52.1 Å². The summed E-state index contributed by atoms with van der Waals surface area (Å²) in [5.41, 5.74) is 3.76. The van der Waals surface area contributed by atoms with Gasteiger partial charge in [-0.05, 0) is 57.2 Å². The lowest BCUT2D eigenvalue weighted by Gasteiger charge is -2.07. The van der Waals surface area contributed by atoms with E-state index in [9.17, 15) is 4.79 Å². The van der Waals surface area contributed by atoms with Gasteiger partial charge >= 0.3 is 0 Å². The molecule has 0 fully saturated rings. The van der Waals surface area contributed by atoms with Crippen molar-refractivity contribution in [2.24, 2.45) is 0 Å². The number of carbonyl (C=O) groups excluding carboxylic acids is 1. The number of Topliss-reactive ketones (excluding diaryl/α,β-unsaturated/α-hetero) is 1. The minimum Gasteiger partial charge on any atom is -0.411 e. The van der Waals surface area contributed by atoms with Gasteiger partial charge in [0.15, 0.2) is 5.78 Å². The zero-order chi connectivity index (χ0) is 18.0. The van der Waals surface area contributed by atoms with Gasteiger partial charge in [0.05, 0.1) is 5.25 Å². The second kappa shape index (κ2) is 7.42. The molecule has 3 rings (SSSR count). The number of benzene rings is 2. The van der Waals surface area contributed by atoms with Crippen LogP contribution in [-0.4, -0.2) is 21.2 Å². The van der Waals surface area contributed by atoms with E-state index in [1.165, 1.54) is 11.8 Å². The molecule has 0 bridgehead atoms. The summed E-state index contributed by atoms with van der Waals surface area (Å²) in [7, 11) is 0. The third-order valence-electron chi connectivity index (χ3n) is 3.65. The van der Waals surface area contributed by atoms with Crippen LogP contribution >= 0.6 is 23.4 Å². The third kappa shape index (κ3) is 4.30. The van der Waals surface area contributed by atoms with Gasteiger partial charge in [0.2, 0.25) is 5.89 Å². The van der Waals surface area contributed by atoms with Crippen molar-refractivity contribution in [1.82, 2.24) is 10.2 Å². The summed E-state index contributed by atoms with van der Waals surface area (Å²) < 4.78 is 5.72. The van der Waals surface area contributed by atoms with Crippen LogP contribution in [0, 0.1) is 13.8 Å². The first-order valence-corrected chi connectivity index (χ1v) is 9.07. The van der Waals surface area contributed by atoms with Crippen molar-refractivity contribution in [2.45, 2.75) is 31.2 Å². The van der Waals surface area contributed by atoms with Crippen LogP contribution in [0.3, 0.4) is 0 Å². The molecule has 0 aliphatic rings. The number of thioether (sulfide) groups is 1. The summed E-state index contributed by atoms with van der Waals surface area (Å²) in [4.78, 5) is 12.5. The van der Waals surface area contributed by atoms with Crippen molar-refractivity contribution >= 4 is 29.1 Å². The average Bonchev–Trinajstić information content (AvgIpc) is 3.02. The minimum absolute atomic E-state index is 0.00665. The summed E-state index contributed by atoms with van der Waals surface area (Å²) in [6.07, 6.45) is 0. The zero-order valence-electron chi connectivity index (χ0n) is 14.1. The van der Waals surface area contributed by atoms with Gasteiger partial charge in [-0.25, -0.2) is 0 Å². The fourth-order valence-corrected chi connectivity index (χ4v) is 3.41. The fraction of sp³-hybridized carbons (Fsp3) is 0.211. The van der Waals surface area contributed by atoms with Crippen molar-refractivity contribution in [2.75, 3.05) is 0 Å². The molecule has 0 saturated carbocycles. The molecule has 0 spiro atoms. The van der Waals surface area contributed by atoms with Crippen LogP contribution in [-0.2, 0) is 0 Å². The number of hydrogen-bond donors (Lipinski definition) is 0. The SMILES string of the molecule is Cc1cc(C)cc(-c2nnc(S[C@@H](C)C(=O)c3ccc(Cl)cc3)o2)c1. The van der Waals surface area contributed by atoms with Crippen LogP contribution in [0.25, 0.3) is 11.5 Å². The normalized spacial score (nSPS) is 12.2. The molecule has 4 nitrogen and oxygen atoms in total. The van der Waals surface area contributed by atoms with E-state index >= 15 is 0 Å². The summed E-state index contributed by atoms with van der Waals surface area (Å²) >= 11 is 7.11. The van der Waals surface area contributed by atoms with E-state index in [1.807, 2.05) is 32.9 Å². The Morgan fingerprint density at radius 1 is 1.08 bits per heavy atom. The molecule has 0 N–H and O–H groups in total. The number of nitrogens with zero attached hydrogens (tertiary/aromatic N) is 2. The molecular formula is C19H17ClN2O2S. The predicted octanol–water partition coefficient (Wildman–Crippen LogP) is 5.37. The number of aryl methyl sites for hydroxylation is 2. The summed E-state index contributed by atoms with van der Waals surface area (Å²) in [6, 6.07) is 12.9. The molecule has 1 aromatic heterocycles. The van der Waals surface area contributed by atoms with E-state index in [-0.39, 0.29) is 11.0 Å². The Labute approximate surface area is 155 Å². The Morgan fingerprint density at radius 3 is 2.36 bits per heavy atom. The lowest BCUT2D eigenvalue weighted by atomic mass is 10.1. The van der Waals surface area contributed by atoms with Crippen molar-refractivity contribution in [3.05, 3.63) is 64.2 Å². The molecule has 0 aliphatic heterocycles. The van der Waals surface area contributed by atoms with Crippen LogP contribution in [0.2, 0.25) is 5.02 Å². The maximum atomic E-state index is 12.5. The van der Waals surface area contributed by atoms with Gasteiger partial charge in [0.25, 0.3) is 5.22 Å². The van der Waals surface area contributed by atoms with Crippen LogP contribution < -0.4 is 0 Å². The lowest BCUT2D eigenvalue weighted by Crippen LogP contribution is -2.13. The maximum Gasteiger partial charge on any atom is 0.277 e. The van der Waals surface area contributed by atoms with Gasteiger partial charge < -0.3 is 4.42 Å². The smallest absolute Gasteiger partial charge is 0.277 e. The number of aromatic nitrogens is 2. The Morgan fingerprint density at radius 2 is 1.72 bits per heavy atom. The highest BCUT2D eigenvalue weighted by atomic mass is 35.5. The molecular weight excluding hydrogens is 356 g/mol. The minimum atomic E-state index is -0.339. The molecule has 0 amide bonds. The van der Waals surface area contributed by atoms with Gasteiger partial charge in [0, 0.05) is 16.1 Å². The van der Waals surface area contributed by atoms with Gasteiger partial charge in [-0.1, -0.05) is 40.6 Å². The van der Waals surface area contributed by atoms with Gasteiger partial charge in [-0.15, -0.1) is 10.2 Å². The molecule has 0 aliphatic carbocycles. The van der Waals surface area contributed by atoms with Gasteiger partial charge in [-0.2, -0.15) is 0 Å². The molecule has 0 unspecified atom stereocenters. The van der Waals surface area contributed by atoms with Crippen LogP contribution in [0.4, 0.5) is 0 Å². The topological polar surface area (TPSA) is 56.0 Å². The highest BCUT2D eigenvalue weighted by Gasteiger charge is 2.20. The Balaban J connectivity index is 1.74. The largest absolute Gasteiger partial charge is 0.411 e. The standard InChI is InChI=1S/C19H17ClN2O2S/c1-11-8-12(2)10-15(9-11)18-21-22-19(24-18)25-13(3)17(23)14-4-6-16(20)7-5-14/h4-10,13H,1-3H3/t13-/m0/s1. The zero-order valence-corrected chi connectivity index (χ0v) is 15.7. The molecule has 3 aromatic rings. The maximum absolute atomic E-state index is 12.5. The van der Waals surface area contributed by atoms with E-state index in [1.54, 1.807) is 24.3 Å². The lowest BCUT2D eigenvalue weighted by molar-refractivity contribution is 0.0993. The average molecular weight is 373 g/mol. The number of ketones is 1. The molecule has 25 heavy (non-hydrogen) atoms. The van der Waals surface area contributed by atoms with Crippen LogP contribution in [0.5, 0.6) is 0 Å². The Bertz CT molecular complexity index is 886. The first kappa shape index (κ1) is 17.7. The summed E-state index contributed by atoms with van der Waals surface area (Å²) in [6.45, 7) is 5.87. The first-order chi connectivity index (χ1) is 11.9. The molecule has 0 radical (unpaired) electrons. The molecule has 128 valence electrons. The van der Waals surface area contributed by atoms with Crippen molar-refractivity contribution in [1.29, 1.82) is 0 Å². The Kier molecular flexibility index (Phi) is 5.25. The van der Waals surface area contributed by atoms with E-state index in [0.29, 0.717) is 21.7 Å². The number of halogens is 1. The van der Waals surface area contributed by atoms with Crippen molar-refractivity contribution in [3.63, 3.8) is 0 Å². The quantitative estimate of drug-likeness (QED) is 0.445. The molecule has 1 atom stereocenters. The second-order valence-electron chi connectivity index (χ2n) is 5.88. The monoisotopic (exact) mass is 372 g/mol. The summed E-state index contributed by atoms with van der Waals surface area (Å²) in [5.74, 6) is 0.452. The number of carbonyl (C=O) groups is 1. The second-order valence-corrected chi connectivity index (χ2v) is 7.61. The van der Waals surface area contributed by atoms with E-state index in [4.69, 9.17) is 16.0 Å². The predicted molar refractivity (Wildman–Crippen MR) is 100 cm³/mol.